The number of hydrogen-bond donors (Lipinski definition) is 3. The summed E-state index contributed by atoms with van der Waals surface area (Å²) in [4.78, 5) is 11.8. The zero-order valence-corrected chi connectivity index (χ0v) is 12.7. The van der Waals surface area contributed by atoms with Crippen LogP contribution in [0, 0.1) is 17.7 Å². The quantitative estimate of drug-likeness (QED) is 0.748. The normalized spacial score (nSPS) is 30.1. The molecule has 2 aliphatic rings. The third-order valence-electron chi connectivity index (χ3n) is 4.66. The number of carbonyl (C=O) groups excluding carboxylic acids is 1. The summed E-state index contributed by atoms with van der Waals surface area (Å²) in [6.07, 6.45) is 3.21. The molecule has 5 nitrogen and oxygen atoms in total. The van der Waals surface area contributed by atoms with Crippen LogP contribution in [0.1, 0.15) is 32.6 Å². The average molecular weight is 307 g/mol. The fourth-order valence-electron chi connectivity index (χ4n) is 3.45. The van der Waals surface area contributed by atoms with Crippen molar-refractivity contribution in [3.63, 3.8) is 0 Å². The van der Waals surface area contributed by atoms with Gasteiger partial charge in [0.15, 0.2) is 5.79 Å². The number of hydrogen-bond acceptors (Lipinski definition) is 5. The molecule has 6 heteroatoms. The van der Waals surface area contributed by atoms with Gasteiger partial charge in [-0.05, 0) is 50.8 Å². The molecule has 0 aromatic heterocycles. The molecule has 0 saturated heterocycles. The molecule has 3 rings (SSSR count). The van der Waals surface area contributed by atoms with E-state index in [9.17, 15) is 9.18 Å². The number of anilines is 2. The zero-order valence-electron chi connectivity index (χ0n) is 12.7. The van der Waals surface area contributed by atoms with Gasteiger partial charge in [-0.25, -0.2) is 4.39 Å². The Bertz CT molecular complexity index is 573. The first-order chi connectivity index (χ1) is 10.5. The monoisotopic (exact) mass is 307 g/mol. The van der Waals surface area contributed by atoms with Gasteiger partial charge in [-0.3, -0.25) is 10.5 Å². The lowest BCUT2D eigenvalue weighted by molar-refractivity contribution is -0.149. The molecule has 1 aromatic carbocycles. The average Bonchev–Trinajstić information content (AvgIpc) is 2.84. The molecule has 1 unspecified atom stereocenters. The van der Waals surface area contributed by atoms with E-state index in [1.807, 2.05) is 6.92 Å². The Hall–Kier alpha value is -1.82. The molecule has 1 heterocycles. The van der Waals surface area contributed by atoms with E-state index in [0.717, 1.165) is 31.4 Å². The van der Waals surface area contributed by atoms with Crippen LogP contribution in [0.4, 0.5) is 15.8 Å². The Labute approximate surface area is 129 Å². The van der Waals surface area contributed by atoms with E-state index in [4.69, 9.17) is 10.5 Å². The van der Waals surface area contributed by atoms with E-state index >= 15 is 0 Å². The molecule has 1 aliphatic carbocycles. The first kappa shape index (κ1) is 15.1. The number of halogens is 1. The molecule has 1 saturated carbocycles. The minimum absolute atomic E-state index is 0.0268. The van der Waals surface area contributed by atoms with Gasteiger partial charge in [-0.1, -0.05) is 0 Å². The van der Waals surface area contributed by atoms with Crippen LogP contribution in [0.15, 0.2) is 18.2 Å². The maximum absolute atomic E-state index is 13.3. The second-order valence-electron chi connectivity index (χ2n) is 6.11. The number of ether oxygens (including phenoxy) is 1. The van der Waals surface area contributed by atoms with Crippen LogP contribution in [0.25, 0.3) is 0 Å². The Balaban J connectivity index is 1.64. The van der Waals surface area contributed by atoms with Crippen molar-refractivity contribution in [2.45, 2.75) is 38.4 Å². The highest BCUT2D eigenvalue weighted by Crippen LogP contribution is 2.41. The van der Waals surface area contributed by atoms with Gasteiger partial charge in [0.2, 0.25) is 0 Å². The summed E-state index contributed by atoms with van der Waals surface area (Å²) in [5, 5.41) is 6.46. The summed E-state index contributed by atoms with van der Waals surface area (Å²) < 4.78 is 18.4. The number of nitrogens with two attached hydrogens (primary N) is 1. The van der Waals surface area contributed by atoms with Crippen molar-refractivity contribution < 1.29 is 13.9 Å². The fourth-order valence-corrected chi connectivity index (χ4v) is 3.45. The predicted molar refractivity (Wildman–Crippen MR) is 82.6 cm³/mol. The highest BCUT2D eigenvalue weighted by atomic mass is 19.1. The Morgan fingerprint density at radius 2 is 2.00 bits per heavy atom. The molecule has 1 fully saturated rings. The van der Waals surface area contributed by atoms with Gasteiger partial charge in [0.1, 0.15) is 5.82 Å². The Morgan fingerprint density at radius 1 is 1.32 bits per heavy atom. The standard InChI is InChI=1S/C16H22FN3O2/c1-2-22-15(21)10-3-5-11(6-4-10)16(18)19-13-8-7-12(17)9-14(13)20-16/h7-11,19-20H,2-6,18H2,1H3. The van der Waals surface area contributed by atoms with Crippen LogP contribution in [0.5, 0.6) is 0 Å². The van der Waals surface area contributed by atoms with Gasteiger partial charge in [0.25, 0.3) is 0 Å². The first-order valence-corrected chi connectivity index (χ1v) is 7.83. The van der Waals surface area contributed by atoms with Crippen LogP contribution < -0.4 is 16.4 Å². The summed E-state index contributed by atoms with van der Waals surface area (Å²) in [6.45, 7) is 2.24. The van der Waals surface area contributed by atoms with E-state index in [1.165, 1.54) is 12.1 Å². The van der Waals surface area contributed by atoms with Crippen LogP contribution in [0.2, 0.25) is 0 Å². The first-order valence-electron chi connectivity index (χ1n) is 7.83. The fraction of sp³-hybridized carbons (Fsp3) is 0.562. The molecule has 0 radical (unpaired) electrons. The van der Waals surface area contributed by atoms with Crippen molar-refractivity contribution in [2.75, 3.05) is 17.2 Å². The molecule has 0 amide bonds. The third-order valence-corrected chi connectivity index (χ3v) is 4.66. The number of benzene rings is 1. The van der Waals surface area contributed by atoms with Crippen LogP contribution in [-0.2, 0) is 9.53 Å². The minimum Gasteiger partial charge on any atom is -0.466 e. The van der Waals surface area contributed by atoms with Crippen LogP contribution in [-0.4, -0.2) is 18.4 Å². The lowest BCUT2D eigenvalue weighted by atomic mass is 9.78. The summed E-state index contributed by atoms with van der Waals surface area (Å²) in [5.41, 5.74) is 7.96. The van der Waals surface area contributed by atoms with Crippen molar-refractivity contribution in [2.24, 2.45) is 17.6 Å². The lowest BCUT2D eigenvalue weighted by Crippen LogP contribution is -2.58. The second kappa shape index (κ2) is 5.76. The molecule has 120 valence electrons. The number of esters is 1. The molecule has 1 aromatic rings. The number of fused-ring (bicyclic) bond motifs is 1. The van der Waals surface area contributed by atoms with Gasteiger partial charge in [0.05, 0.1) is 23.9 Å². The third kappa shape index (κ3) is 2.75. The highest BCUT2D eigenvalue weighted by Gasteiger charge is 2.42. The number of carbonyl (C=O) groups is 1. The van der Waals surface area contributed by atoms with Crippen LogP contribution >= 0.6 is 0 Å². The SMILES string of the molecule is CCOC(=O)C1CCC(C2(N)Nc3ccc(F)cc3N2)CC1. The summed E-state index contributed by atoms with van der Waals surface area (Å²) in [7, 11) is 0. The van der Waals surface area contributed by atoms with Crippen molar-refractivity contribution >= 4 is 17.3 Å². The highest BCUT2D eigenvalue weighted by molar-refractivity contribution is 5.76. The number of nitrogens with one attached hydrogen (secondary N) is 2. The topological polar surface area (TPSA) is 76.4 Å². The molecule has 1 aliphatic heterocycles. The van der Waals surface area contributed by atoms with Crippen LogP contribution in [0.3, 0.4) is 0 Å². The maximum atomic E-state index is 13.3. The summed E-state index contributed by atoms with van der Waals surface area (Å²) in [5.74, 6) is -1.03. The summed E-state index contributed by atoms with van der Waals surface area (Å²) >= 11 is 0. The number of rotatable bonds is 3. The molecular weight excluding hydrogens is 285 g/mol. The van der Waals surface area contributed by atoms with Gasteiger partial charge >= 0.3 is 5.97 Å². The van der Waals surface area contributed by atoms with Gasteiger partial charge < -0.3 is 15.4 Å². The second-order valence-corrected chi connectivity index (χ2v) is 6.11. The predicted octanol–water partition coefficient (Wildman–Crippen LogP) is 2.65. The van der Waals surface area contributed by atoms with Crippen molar-refractivity contribution in [1.29, 1.82) is 0 Å². The van der Waals surface area contributed by atoms with E-state index in [0.29, 0.717) is 12.3 Å². The van der Waals surface area contributed by atoms with Gasteiger partial charge in [-0.15, -0.1) is 0 Å². The van der Waals surface area contributed by atoms with E-state index < -0.39 is 5.79 Å². The molecular formula is C16H22FN3O2. The smallest absolute Gasteiger partial charge is 0.308 e. The zero-order chi connectivity index (χ0) is 15.7. The van der Waals surface area contributed by atoms with Gasteiger partial charge in [-0.2, -0.15) is 0 Å². The van der Waals surface area contributed by atoms with Gasteiger partial charge in [0, 0.05) is 5.92 Å². The van der Waals surface area contributed by atoms with E-state index in [1.54, 1.807) is 6.07 Å². The lowest BCUT2D eigenvalue weighted by Gasteiger charge is -2.38. The van der Waals surface area contributed by atoms with Crippen molar-refractivity contribution in [3.8, 4) is 0 Å². The minimum atomic E-state index is -0.782. The largest absolute Gasteiger partial charge is 0.466 e. The molecule has 22 heavy (non-hydrogen) atoms. The Morgan fingerprint density at radius 3 is 2.68 bits per heavy atom. The van der Waals surface area contributed by atoms with Crippen molar-refractivity contribution in [1.82, 2.24) is 0 Å². The van der Waals surface area contributed by atoms with E-state index in [-0.39, 0.29) is 23.6 Å². The molecule has 4 N–H and O–H groups in total. The molecule has 1 atom stereocenters. The molecule has 0 bridgehead atoms. The van der Waals surface area contributed by atoms with Crippen molar-refractivity contribution in [3.05, 3.63) is 24.0 Å². The van der Waals surface area contributed by atoms with E-state index in [2.05, 4.69) is 10.6 Å². The maximum Gasteiger partial charge on any atom is 0.308 e. The molecule has 0 spiro atoms. The Kier molecular flexibility index (Phi) is 3.95. The summed E-state index contributed by atoms with van der Waals surface area (Å²) in [6, 6.07) is 4.55.